The number of ketones is 1. The first-order chi connectivity index (χ1) is 14.7. The van der Waals surface area contributed by atoms with Gasteiger partial charge in [-0.15, -0.1) is 0 Å². The van der Waals surface area contributed by atoms with Crippen molar-refractivity contribution in [1.29, 1.82) is 0 Å². The van der Waals surface area contributed by atoms with E-state index in [0.717, 1.165) is 5.56 Å². The maximum Gasteiger partial charge on any atom is 0.261 e. The second kappa shape index (κ2) is 9.01. The highest BCUT2D eigenvalue weighted by atomic mass is 32.2. The Morgan fingerprint density at radius 3 is 2.26 bits per heavy atom. The van der Waals surface area contributed by atoms with Crippen molar-refractivity contribution in [3.05, 3.63) is 83.4 Å². The summed E-state index contributed by atoms with van der Waals surface area (Å²) >= 11 is 0. The SMILES string of the molecule is COc1ccc(S(=O)(=O)Nc2cccc(C(C)=O)c2)cc1NC(=O)c1ccc(C)cc1. The van der Waals surface area contributed by atoms with Crippen molar-refractivity contribution in [3.8, 4) is 5.75 Å². The summed E-state index contributed by atoms with van der Waals surface area (Å²) < 4.78 is 33.5. The number of carbonyl (C=O) groups is 2. The van der Waals surface area contributed by atoms with Crippen molar-refractivity contribution in [3.63, 3.8) is 0 Å². The van der Waals surface area contributed by atoms with Gasteiger partial charge in [-0.05, 0) is 56.3 Å². The third-order valence-corrected chi connectivity index (χ3v) is 5.94. The Morgan fingerprint density at radius 2 is 1.61 bits per heavy atom. The molecule has 7 nitrogen and oxygen atoms in total. The minimum Gasteiger partial charge on any atom is -0.495 e. The number of carbonyl (C=O) groups excluding carboxylic acids is 2. The third kappa shape index (κ3) is 5.29. The van der Waals surface area contributed by atoms with Gasteiger partial charge in [0.25, 0.3) is 15.9 Å². The average Bonchev–Trinajstić information content (AvgIpc) is 2.74. The van der Waals surface area contributed by atoms with E-state index in [0.29, 0.717) is 16.9 Å². The number of anilines is 2. The van der Waals surface area contributed by atoms with Gasteiger partial charge in [0, 0.05) is 16.8 Å². The molecular formula is C23H22N2O5S. The van der Waals surface area contributed by atoms with Crippen LogP contribution in [0, 0.1) is 6.92 Å². The molecule has 0 saturated heterocycles. The number of hydrogen-bond donors (Lipinski definition) is 2. The predicted molar refractivity (Wildman–Crippen MR) is 119 cm³/mol. The Hall–Kier alpha value is -3.65. The minimum atomic E-state index is -3.98. The number of sulfonamides is 1. The lowest BCUT2D eigenvalue weighted by Crippen LogP contribution is -2.16. The summed E-state index contributed by atoms with van der Waals surface area (Å²) in [5, 5.41) is 2.70. The fraction of sp³-hybridized carbons (Fsp3) is 0.130. The van der Waals surface area contributed by atoms with Crippen LogP contribution < -0.4 is 14.8 Å². The lowest BCUT2D eigenvalue weighted by atomic mass is 10.1. The minimum absolute atomic E-state index is 0.0688. The van der Waals surface area contributed by atoms with E-state index >= 15 is 0 Å². The molecule has 0 saturated carbocycles. The monoisotopic (exact) mass is 438 g/mol. The third-order valence-electron chi connectivity index (χ3n) is 4.56. The summed E-state index contributed by atoms with van der Waals surface area (Å²) in [5.41, 5.74) is 2.31. The van der Waals surface area contributed by atoms with Gasteiger partial charge in [-0.1, -0.05) is 29.8 Å². The number of amides is 1. The smallest absolute Gasteiger partial charge is 0.261 e. The Kier molecular flexibility index (Phi) is 6.41. The Labute approximate surface area is 181 Å². The number of Topliss-reactive ketones (excluding diaryl/α,β-unsaturated/α-hetero) is 1. The molecule has 1 amide bonds. The molecule has 0 heterocycles. The molecule has 160 valence electrons. The normalized spacial score (nSPS) is 10.9. The van der Waals surface area contributed by atoms with Crippen LogP contribution in [0.1, 0.15) is 33.2 Å². The van der Waals surface area contributed by atoms with Crippen LogP contribution in [0.25, 0.3) is 0 Å². The predicted octanol–water partition coefficient (Wildman–Crippen LogP) is 4.26. The number of rotatable bonds is 7. The summed E-state index contributed by atoms with van der Waals surface area (Å²) in [6.45, 7) is 3.32. The van der Waals surface area contributed by atoms with Gasteiger partial charge >= 0.3 is 0 Å². The number of aryl methyl sites for hydroxylation is 1. The molecule has 0 aliphatic carbocycles. The quantitative estimate of drug-likeness (QED) is 0.537. The lowest BCUT2D eigenvalue weighted by Gasteiger charge is -2.14. The van der Waals surface area contributed by atoms with Gasteiger partial charge in [-0.2, -0.15) is 0 Å². The number of methoxy groups -OCH3 is 1. The van der Waals surface area contributed by atoms with E-state index in [9.17, 15) is 18.0 Å². The maximum atomic E-state index is 12.9. The molecule has 0 aliphatic heterocycles. The molecule has 0 fully saturated rings. The second-order valence-electron chi connectivity index (χ2n) is 6.92. The molecule has 3 rings (SSSR count). The molecule has 8 heteroatoms. The molecule has 0 radical (unpaired) electrons. The van der Waals surface area contributed by atoms with Crippen LogP contribution >= 0.6 is 0 Å². The lowest BCUT2D eigenvalue weighted by molar-refractivity contribution is 0.101. The van der Waals surface area contributed by atoms with Crippen molar-refractivity contribution in [2.75, 3.05) is 17.1 Å². The van der Waals surface area contributed by atoms with Crippen LogP contribution in [0.3, 0.4) is 0 Å². The zero-order valence-corrected chi connectivity index (χ0v) is 18.1. The molecule has 31 heavy (non-hydrogen) atoms. The summed E-state index contributed by atoms with van der Waals surface area (Å²) in [6.07, 6.45) is 0. The molecule has 0 unspecified atom stereocenters. The summed E-state index contributed by atoms with van der Waals surface area (Å²) in [7, 11) is -2.55. The highest BCUT2D eigenvalue weighted by Gasteiger charge is 2.19. The molecule has 0 bridgehead atoms. The number of ether oxygens (including phenoxy) is 1. The molecule has 2 N–H and O–H groups in total. The Balaban J connectivity index is 1.89. The molecule has 3 aromatic rings. The van der Waals surface area contributed by atoms with Crippen LogP contribution in [0.5, 0.6) is 5.75 Å². The van der Waals surface area contributed by atoms with Crippen LogP contribution in [0.2, 0.25) is 0 Å². The van der Waals surface area contributed by atoms with Crippen molar-refractivity contribution in [2.24, 2.45) is 0 Å². The van der Waals surface area contributed by atoms with Gasteiger partial charge in [0.15, 0.2) is 5.78 Å². The van der Waals surface area contributed by atoms with Gasteiger partial charge in [0.2, 0.25) is 0 Å². The van der Waals surface area contributed by atoms with Gasteiger partial charge in [-0.3, -0.25) is 14.3 Å². The summed E-state index contributed by atoms with van der Waals surface area (Å²) in [5.74, 6) is -0.250. The van der Waals surface area contributed by atoms with Crippen LogP contribution in [-0.4, -0.2) is 27.2 Å². The summed E-state index contributed by atoms with van der Waals surface area (Å²) in [6, 6.07) is 17.4. The van der Waals surface area contributed by atoms with Crippen LogP contribution in [-0.2, 0) is 10.0 Å². The van der Waals surface area contributed by atoms with Gasteiger partial charge in [0.1, 0.15) is 5.75 Å². The van der Waals surface area contributed by atoms with Gasteiger partial charge in [-0.25, -0.2) is 8.42 Å². The van der Waals surface area contributed by atoms with Crippen LogP contribution in [0.15, 0.2) is 71.6 Å². The van der Waals surface area contributed by atoms with Crippen molar-refractivity contribution >= 4 is 33.1 Å². The summed E-state index contributed by atoms with van der Waals surface area (Å²) in [4.78, 5) is 24.1. The zero-order valence-electron chi connectivity index (χ0n) is 17.3. The largest absolute Gasteiger partial charge is 0.495 e. The number of nitrogens with one attached hydrogen (secondary N) is 2. The molecule has 0 aliphatic rings. The van der Waals surface area contributed by atoms with Crippen molar-refractivity contribution in [2.45, 2.75) is 18.7 Å². The first kappa shape index (κ1) is 22.0. The van der Waals surface area contributed by atoms with E-state index in [-0.39, 0.29) is 22.1 Å². The van der Waals surface area contributed by atoms with Gasteiger partial charge < -0.3 is 10.1 Å². The van der Waals surface area contributed by atoms with E-state index in [1.807, 2.05) is 19.1 Å². The highest BCUT2D eigenvalue weighted by molar-refractivity contribution is 7.92. The molecule has 0 spiro atoms. The maximum absolute atomic E-state index is 12.9. The molecule has 3 aromatic carbocycles. The van der Waals surface area contributed by atoms with E-state index in [4.69, 9.17) is 4.74 Å². The fourth-order valence-electron chi connectivity index (χ4n) is 2.87. The highest BCUT2D eigenvalue weighted by Crippen LogP contribution is 2.29. The van der Waals surface area contributed by atoms with Crippen LogP contribution in [0.4, 0.5) is 11.4 Å². The number of benzene rings is 3. The topological polar surface area (TPSA) is 102 Å². The van der Waals surface area contributed by atoms with E-state index in [1.54, 1.807) is 30.3 Å². The molecule has 0 aromatic heterocycles. The van der Waals surface area contributed by atoms with E-state index in [1.165, 1.54) is 38.3 Å². The Morgan fingerprint density at radius 1 is 0.903 bits per heavy atom. The number of hydrogen-bond acceptors (Lipinski definition) is 5. The zero-order chi connectivity index (χ0) is 22.6. The van der Waals surface area contributed by atoms with E-state index in [2.05, 4.69) is 10.0 Å². The average molecular weight is 439 g/mol. The fourth-order valence-corrected chi connectivity index (χ4v) is 3.94. The van der Waals surface area contributed by atoms with E-state index < -0.39 is 15.9 Å². The van der Waals surface area contributed by atoms with Gasteiger partial charge in [0.05, 0.1) is 17.7 Å². The first-order valence-electron chi connectivity index (χ1n) is 9.39. The second-order valence-corrected chi connectivity index (χ2v) is 8.61. The molecular weight excluding hydrogens is 416 g/mol. The molecule has 0 atom stereocenters. The first-order valence-corrected chi connectivity index (χ1v) is 10.9. The van der Waals surface area contributed by atoms with Crippen molar-refractivity contribution in [1.82, 2.24) is 0 Å². The standard InChI is InChI=1S/C23H22N2O5S/c1-15-7-9-17(10-8-15)23(27)24-21-14-20(11-12-22(21)30-3)31(28,29)25-19-6-4-5-18(13-19)16(2)26/h4-14,25H,1-3H3,(H,24,27). The van der Waals surface area contributed by atoms with Crippen molar-refractivity contribution < 1.29 is 22.7 Å². The Bertz CT molecular complexity index is 1240.